The standard InChI is InChI=1S/C21H21N3O2.H2/c1-16(14-24-11-5-10-22-24)12-17(2)26-15-21(25)23-20-9-8-18-6-3-4-7-19(18)13-20;/h3-13H,1,14-15H2,2H3,(H,23,25);1H/b17-12+;. The molecule has 0 aliphatic carbocycles. The van der Waals surface area contributed by atoms with Gasteiger partial charge < -0.3 is 10.1 Å². The van der Waals surface area contributed by atoms with Crippen molar-refractivity contribution in [3.05, 3.63) is 84.9 Å². The molecule has 3 aromatic rings. The highest BCUT2D eigenvalue weighted by molar-refractivity contribution is 5.95. The number of amides is 1. The highest BCUT2D eigenvalue weighted by Gasteiger charge is 2.05. The minimum absolute atomic E-state index is 0. The lowest BCUT2D eigenvalue weighted by Gasteiger charge is -2.09. The van der Waals surface area contributed by atoms with E-state index in [4.69, 9.17) is 4.74 Å². The van der Waals surface area contributed by atoms with Crippen LogP contribution in [-0.2, 0) is 16.1 Å². The second kappa shape index (κ2) is 8.16. The van der Waals surface area contributed by atoms with Crippen LogP contribution < -0.4 is 5.32 Å². The molecule has 0 spiro atoms. The minimum atomic E-state index is -0.203. The van der Waals surface area contributed by atoms with Gasteiger partial charge in [0.1, 0.15) is 0 Å². The van der Waals surface area contributed by atoms with Crippen LogP contribution in [0.1, 0.15) is 8.35 Å². The molecule has 0 radical (unpaired) electrons. The van der Waals surface area contributed by atoms with Gasteiger partial charge in [-0.3, -0.25) is 9.48 Å². The number of hydrogen-bond acceptors (Lipinski definition) is 3. The minimum Gasteiger partial charge on any atom is -0.488 e. The molecule has 0 aliphatic rings. The van der Waals surface area contributed by atoms with Crippen LogP contribution in [0.4, 0.5) is 5.69 Å². The van der Waals surface area contributed by atoms with Crippen LogP contribution in [0.15, 0.2) is 84.9 Å². The summed E-state index contributed by atoms with van der Waals surface area (Å²) in [6, 6.07) is 15.7. The average molecular weight is 349 g/mol. The molecule has 3 rings (SSSR count). The fraction of sp³-hybridized carbons (Fsp3) is 0.143. The summed E-state index contributed by atoms with van der Waals surface area (Å²) in [4.78, 5) is 12.1. The van der Waals surface area contributed by atoms with Crippen LogP contribution in [0.2, 0.25) is 0 Å². The van der Waals surface area contributed by atoms with E-state index in [2.05, 4.69) is 17.0 Å². The van der Waals surface area contributed by atoms with E-state index >= 15 is 0 Å². The summed E-state index contributed by atoms with van der Waals surface area (Å²) in [5, 5.41) is 9.20. The zero-order valence-corrected chi connectivity index (χ0v) is 14.7. The fourth-order valence-electron chi connectivity index (χ4n) is 2.62. The predicted molar refractivity (Wildman–Crippen MR) is 106 cm³/mol. The topological polar surface area (TPSA) is 56.1 Å². The maximum atomic E-state index is 12.1. The second-order valence-corrected chi connectivity index (χ2v) is 6.02. The number of anilines is 1. The number of ether oxygens (including phenoxy) is 1. The van der Waals surface area contributed by atoms with Gasteiger partial charge in [0.15, 0.2) is 6.61 Å². The molecule has 0 unspecified atom stereocenters. The van der Waals surface area contributed by atoms with Gasteiger partial charge in [0.25, 0.3) is 5.91 Å². The molecule has 1 amide bonds. The van der Waals surface area contributed by atoms with Crippen LogP contribution in [0, 0.1) is 0 Å². The quantitative estimate of drug-likeness (QED) is 0.508. The van der Waals surface area contributed by atoms with Crippen LogP contribution in [0.5, 0.6) is 0 Å². The molecule has 0 atom stereocenters. The van der Waals surface area contributed by atoms with Gasteiger partial charge in [0.05, 0.1) is 12.3 Å². The molecule has 1 N–H and O–H groups in total. The second-order valence-electron chi connectivity index (χ2n) is 6.02. The average Bonchev–Trinajstić information content (AvgIpc) is 3.12. The van der Waals surface area contributed by atoms with Crippen molar-refractivity contribution in [2.75, 3.05) is 11.9 Å². The largest absolute Gasteiger partial charge is 0.488 e. The molecule has 26 heavy (non-hydrogen) atoms. The van der Waals surface area contributed by atoms with Gasteiger partial charge in [0, 0.05) is 19.5 Å². The van der Waals surface area contributed by atoms with Gasteiger partial charge >= 0.3 is 0 Å². The van der Waals surface area contributed by atoms with E-state index in [1.165, 1.54) is 0 Å². The number of nitrogens with one attached hydrogen (secondary N) is 1. The maximum Gasteiger partial charge on any atom is 0.262 e. The zero-order valence-electron chi connectivity index (χ0n) is 14.7. The Morgan fingerprint density at radius 1 is 1.27 bits per heavy atom. The highest BCUT2D eigenvalue weighted by Crippen LogP contribution is 2.18. The molecule has 0 saturated heterocycles. The molecule has 0 saturated carbocycles. The van der Waals surface area contributed by atoms with Crippen LogP contribution in [0.3, 0.4) is 0 Å². The van der Waals surface area contributed by atoms with Crippen LogP contribution in [0.25, 0.3) is 10.8 Å². The van der Waals surface area contributed by atoms with Gasteiger partial charge in [0.2, 0.25) is 0 Å². The van der Waals surface area contributed by atoms with Crippen molar-refractivity contribution in [2.45, 2.75) is 13.5 Å². The first-order valence-corrected chi connectivity index (χ1v) is 8.35. The Labute approximate surface area is 154 Å². The third-order valence-electron chi connectivity index (χ3n) is 3.80. The summed E-state index contributed by atoms with van der Waals surface area (Å²) >= 11 is 0. The molecule has 2 aromatic carbocycles. The number of carbonyl (C=O) groups excluding carboxylic acids is 1. The first-order chi connectivity index (χ1) is 12.6. The van der Waals surface area contributed by atoms with E-state index in [1.807, 2.05) is 60.8 Å². The van der Waals surface area contributed by atoms with Crippen molar-refractivity contribution in [1.29, 1.82) is 0 Å². The monoisotopic (exact) mass is 349 g/mol. The fourth-order valence-corrected chi connectivity index (χ4v) is 2.62. The van der Waals surface area contributed by atoms with Crippen molar-refractivity contribution in [2.24, 2.45) is 0 Å². The van der Waals surface area contributed by atoms with Crippen molar-refractivity contribution in [3.63, 3.8) is 0 Å². The predicted octanol–water partition coefficient (Wildman–Crippen LogP) is 4.40. The number of nitrogens with zero attached hydrogens (tertiary/aromatic N) is 2. The van der Waals surface area contributed by atoms with Crippen molar-refractivity contribution < 1.29 is 11.0 Å². The number of benzene rings is 2. The Hall–Kier alpha value is -3.34. The summed E-state index contributed by atoms with van der Waals surface area (Å²) in [6.07, 6.45) is 5.40. The van der Waals surface area contributed by atoms with Gasteiger partial charge in [-0.25, -0.2) is 0 Å². The van der Waals surface area contributed by atoms with Gasteiger partial charge in [-0.1, -0.05) is 36.9 Å². The van der Waals surface area contributed by atoms with Crippen LogP contribution >= 0.6 is 0 Å². The summed E-state index contributed by atoms with van der Waals surface area (Å²) < 4.78 is 7.29. The Morgan fingerprint density at radius 3 is 2.85 bits per heavy atom. The summed E-state index contributed by atoms with van der Waals surface area (Å²) in [5.74, 6) is 0.432. The third-order valence-corrected chi connectivity index (χ3v) is 3.80. The van der Waals surface area contributed by atoms with E-state index in [0.717, 1.165) is 22.0 Å². The number of hydrogen-bond donors (Lipinski definition) is 1. The summed E-state index contributed by atoms with van der Waals surface area (Å²) in [6.45, 7) is 6.31. The van der Waals surface area contributed by atoms with E-state index < -0.39 is 0 Å². The summed E-state index contributed by atoms with van der Waals surface area (Å²) in [5.41, 5.74) is 1.60. The lowest BCUT2D eigenvalue weighted by molar-refractivity contribution is -0.119. The van der Waals surface area contributed by atoms with E-state index in [1.54, 1.807) is 17.8 Å². The Kier molecular flexibility index (Phi) is 5.49. The molecule has 5 nitrogen and oxygen atoms in total. The number of rotatable bonds is 7. The van der Waals surface area contributed by atoms with Gasteiger partial charge in [-0.2, -0.15) is 5.10 Å². The zero-order chi connectivity index (χ0) is 18.4. The molecular formula is C21H23N3O2. The molecule has 5 heteroatoms. The normalized spacial score (nSPS) is 11.3. The molecule has 1 aromatic heterocycles. The Balaban J connectivity index is 0.00000261. The summed E-state index contributed by atoms with van der Waals surface area (Å²) in [7, 11) is 0. The molecule has 0 bridgehead atoms. The molecule has 1 heterocycles. The lowest BCUT2D eigenvalue weighted by Crippen LogP contribution is -2.17. The van der Waals surface area contributed by atoms with Crippen LogP contribution in [-0.4, -0.2) is 22.3 Å². The van der Waals surface area contributed by atoms with E-state index in [9.17, 15) is 4.79 Å². The number of allylic oxidation sites excluding steroid dienone is 3. The van der Waals surface area contributed by atoms with Crippen molar-refractivity contribution in [3.8, 4) is 0 Å². The third kappa shape index (κ3) is 4.83. The lowest BCUT2D eigenvalue weighted by atomic mass is 10.1. The van der Waals surface area contributed by atoms with Crippen molar-refractivity contribution in [1.82, 2.24) is 9.78 Å². The number of carbonyl (C=O) groups is 1. The maximum absolute atomic E-state index is 12.1. The molecular weight excluding hydrogens is 326 g/mol. The van der Waals surface area contributed by atoms with Gasteiger partial charge in [-0.15, -0.1) is 0 Å². The Bertz CT molecular complexity index is 949. The Morgan fingerprint density at radius 2 is 2.08 bits per heavy atom. The SMILES string of the molecule is C=C(/C=C(\C)OCC(=O)Nc1ccc2ccccc2c1)Cn1cccn1.[HH]. The van der Waals surface area contributed by atoms with Gasteiger partial charge in [-0.05, 0) is 47.5 Å². The highest BCUT2D eigenvalue weighted by atomic mass is 16.5. The molecule has 134 valence electrons. The van der Waals surface area contributed by atoms with Crippen molar-refractivity contribution >= 4 is 22.4 Å². The number of fused-ring (bicyclic) bond motifs is 1. The molecule has 0 fully saturated rings. The van der Waals surface area contributed by atoms with E-state index in [0.29, 0.717) is 12.3 Å². The first kappa shape index (κ1) is 17.5. The smallest absolute Gasteiger partial charge is 0.262 e. The van der Waals surface area contributed by atoms with E-state index in [-0.39, 0.29) is 13.9 Å². The number of aromatic nitrogens is 2. The molecule has 0 aliphatic heterocycles. The first-order valence-electron chi connectivity index (χ1n) is 8.35.